The van der Waals surface area contributed by atoms with Gasteiger partial charge in [0.05, 0.1) is 11.6 Å². The lowest BCUT2D eigenvalue weighted by Crippen LogP contribution is -2.46. The Morgan fingerprint density at radius 1 is 1.23 bits per heavy atom. The van der Waals surface area contributed by atoms with Gasteiger partial charge in [0.1, 0.15) is 0 Å². The quantitative estimate of drug-likeness (QED) is 0.630. The van der Waals surface area contributed by atoms with Crippen molar-refractivity contribution in [3.05, 3.63) is 65.2 Å². The summed E-state index contributed by atoms with van der Waals surface area (Å²) in [5.41, 5.74) is 2.01. The smallest absolute Gasteiger partial charge is 0.233 e. The molecular weight excluding hydrogens is 402 g/mol. The van der Waals surface area contributed by atoms with Gasteiger partial charge in [-0.3, -0.25) is 14.0 Å². The van der Waals surface area contributed by atoms with Gasteiger partial charge in [-0.1, -0.05) is 23.7 Å². The molecule has 4 rings (SSSR count). The summed E-state index contributed by atoms with van der Waals surface area (Å²) < 4.78 is 1.86. The van der Waals surface area contributed by atoms with Crippen LogP contribution in [-0.4, -0.2) is 50.7 Å². The predicted molar refractivity (Wildman–Crippen MR) is 114 cm³/mol. The van der Waals surface area contributed by atoms with Crippen LogP contribution in [0.25, 0.3) is 5.78 Å². The lowest BCUT2D eigenvalue weighted by molar-refractivity contribution is -0.138. The SMILES string of the molecule is O=C(NCCc1cn2cccnc2n1)C1CCC(=O)N(CCc2ccc(Cl)cc2)C1. The van der Waals surface area contributed by atoms with E-state index in [1.165, 1.54) is 0 Å². The number of nitrogens with zero attached hydrogens (tertiary/aromatic N) is 4. The molecule has 1 aromatic carbocycles. The molecule has 1 aliphatic rings. The van der Waals surface area contributed by atoms with Crippen LogP contribution in [0.3, 0.4) is 0 Å². The Labute approximate surface area is 180 Å². The normalized spacial score (nSPS) is 16.8. The van der Waals surface area contributed by atoms with Crippen molar-refractivity contribution in [1.29, 1.82) is 0 Å². The molecule has 1 saturated heterocycles. The summed E-state index contributed by atoms with van der Waals surface area (Å²) in [5, 5.41) is 3.70. The van der Waals surface area contributed by atoms with E-state index in [2.05, 4.69) is 15.3 Å². The van der Waals surface area contributed by atoms with Crippen molar-refractivity contribution in [2.75, 3.05) is 19.6 Å². The zero-order chi connectivity index (χ0) is 20.9. The number of halogens is 1. The molecule has 8 heteroatoms. The van der Waals surface area contributed by atoms with E-state index in [1.54, 1.807) is 11.1 Å². The highest BCUT2D eigenvalue weighted by Crippen LogP contribution is 2.19. The number of likely N-dealkylation sites (tertiary alicyclic amines) is 1. The number of carbonyl (C=O) groups is 2. The number of benzene rings is 1. The van der Waals surface area contributed by atoms with Crippen molar-refractivity contribution in [3.8, 4) is 0 Å². The average molecular weight is 426 g/mol. The molecule has 0 radical (unpaired) electrons. The summed E-state index contributed by atoms with van der Waals surface area (Å²) in [7, 11) is 0. The number of piperidine rings is 1. The summed E-state index contributed by atoms with van der Waals surface area (Å²) in [5.74, 6) is 0.600. The van der Waals surface area contributed by atoms with Gasteiger partial charge >= 0.3 is 0 Å². The third-order valence-corrected chi connectivity index (χ3v) is 5.67. The van der Waals surface area contributed by atoms with Crippen LogP contribution in [0.15, 0.2) is 48.9 Å². The van der Waals surface area contributed by atoms with Crippen molar-refractivity contribution in [1.82, 2.24) is 24.6 Å². The summed E-state index contributed by atoms with van der Waals surface area (Å²) in [6, 6.07) is 9.49. The van der Waals surface area contributed by atoms with Gasteiger partial charge in [-0.15, -0.1) is 0 Å². The maximum atomic E-state index is 12.6. The second-order valence-electron chi connectivity index (χ2n) is 7.55. The highest BCUT2D eigenvalue weighted by Gasteiger charge is 2.29. The Hall–Kier alpha value is -2.93. The van der Waals surface area contributed by atoms with E-state index in [-0.39, 0.29) is 17.7 Å². The Balaban J connectivity index is 1.26. The number of imidazole rings is 1. The van der Waals surface area contributed by atoms with E-state index in [0.29, 0.717) is 49.7 Å². The van der Waals surface area contributed by atoms with Gasteiger partial charge in [0, 0.05) is 56.1 Å². The van der Waals surface area contributed by atoms with Crippen LogP contribution in [0, 0.1) is 5.92 Å². The van der Waals surface area contributed by atoms with E-state index in [4.69, 9.17) is 11.6 Å². The van der Waals surface area contributed by atoms with Crippen LogP contribution in [-0.2, 0) is 22.4 Å². The second kappa shape index (κ2) is 9.26. The van der Waals surface area contributed by atoms with Gasteiger partial charge in [0.25, 0.3) is 0 Å². The molecule has 0 aliphatic carbocycles. The predicted octanol–water partition coefficient (Wildman–Crippen LogP) is 2.52. The molecule has 0 saturated carbocycles. The summed E-state index contributed by atoms with van der Waals surface area (Å²) in [4.78, 5) is 35.3. The topological polar surface area (TPSA) is 79.6 Å². The average Bonchev–Trinajstić information content (AvgIpc) is 3.17. The largest absolute Gasteiger partial charge is 0.355 e. The number of nitrogens with one attached hydrogen (secondary N) is 1. The molecule has 3 aromatic rings. The molecule has 30 heavy (non-hydrogen) atoms. The Morgan fingerprint density at radius 3 is 2.87 bits per heavy atom. The van der Waals surface area contributed by atoms with Crippen LogP contribution < -0.4 is 5.32 Å². The molecule has 156 valence electrons. The van der Waals surface area contributed by atoms with Crippen molar-refractivity contribution in [3.63, 3.8) is 0 Å². The summed E-state index contributed by atoms with van der Waals surface area (Å²) in [6.07, 6.45) is 7.93. The first-order valence-electron chi connectivity index (χ1n) is 10.2. The first kappa shape index (κ1) is 20.3. The van der Waals surface area contributed by atoms with E-state index < -0.39 is 0 Å². The molecule has 0 bridgehead atoms. The molecule has 0 spiro atoms. The molecule has 3 heterocycles. The molecule has 2 aromatic heterocycles. The zero-order valence-corrected chi connectivity index (χ0v) is 17.4. The van der Waals surface area contributed by atoms with Crippen LogP contribution >= 0.6 is 11.6 Å². The highest BCUT2D eigenvalue weighted by atomic mass is 35.5. The molecule has 1 aliphatic heterocycles. The lowest BCUT2D eigenvalue weighted by Gasteiger charge is -2.32. The molecule has 1 unspecified atom stereocenters. The number of aromatic nitrogens is 3. The van der Waals surface area contributed by atoms with Crippen molar-refractivity contribution in [2.45, 2.75) is 25.7 Å². The van der Waals surface area contributed by atoms with Crippen LogP contribution in [0.2, 0.25) is 5.02 Å². The standard InChI is InChI=1S/C22H24ClN5O2/c23-18-5-2-16(3-6-18)9-13-27-14-17(4-7-20(27)29)21(30)24-11-8-19-15-28-12-1-10-25-22(28)26-19/h1-3,5-6,10,12,15,17H,4,7-9,11,13-14H2,(H,24,30). The first-order valence-corrected chi connectivity index (χ1v) is 10.5. The minimum Gasteiger partial charge on any atom is -0.355 e. The lowest BCUT2D eigenvalue weighted by atomic mass is 9.96. The van der Waals surface area contributed by atoms with Crippen molar-refractivity contribution >= 4 is 29.2 Å². The van der Waals surface area contributed by atoms with Crippen LogP contribution in [0.4, 0.5) is 0 Å². The van der Waals surface area contributed by atoms with E-state index in [0.717, 1.165) is 17.7 Å². The fraction of sp³-hybridized carbons (Fsp3) is 0.364. The fourth-order valence-electron chi connectivity index (χ4n) is 3.72. The second-order valence-corrected chi connectivity index (χ2v) is 7.99. The minimum atomic E-state index is -0.171. The number of hydrogen-bond acceptors (Lipinski definition) is 4. The van der Waals surface area contributed by atoms with Gasteiger partial charge in [-0.05, 0) is 36.6 Å². The van der Waals surface area contributed by atoms with Crippen LogP contribution in [0.5, 0.6) is 0 Å². The Morgan fingerprint density at radius 2 is 2.07 bits per heavy atom. The van der Waals surface area contributed by atoms with Crippen molar-refractivity contribution in [2.24, 2.45) is 5.92 Å². The fourth-order valence-corrected chi connectivity index (χ4v) is 3.84. The Kier molecular flexibility index (Phi) is 6.28. The number of amides is 2. The number of hydrogen-bond donors (Lipinski definition) is 1. The van der Waals surface area contributed by atoms with Gasteiger partial charge < -0.3 is 10.2 Å². The highest BCUT2D eigenvalue weighted by molar-refractivity contribution is 6.30. The molecular formula is C22H24ClN5O2. The molecule has 1 fully saturated rings. The zero-order valence-electron chi connectivity index (χ0n) is 16.6. The van der Waals surface area contributed by atoms with E-state index in [9.17, 15) is 9.59 Å². The van der Waals surface area contributed by atoms with Crippen molar-refractivity contribution < 1.29 is 9.59 Å². The van der Waals surface area contributed by atoms with Gasteiger partial charge in [0.2, 0.25) is 17.6 Å². The minimum absolute atomic E-state index is 0.000817. The molecule has 1 atom stereocenters. The van der Waals surface area contributed by atoms with Crippen LogP contribution in [0.1, 0.15) is 24.1 Å². The van der Waals surface area contributed by atoms with Gasteiger partial charge in [-0.2, -0.15) is 0 Å². The maximum Gasteiger partial charge on any atom is 0.233 e. The summed E-state index contributed by atoms with van der Waals surface area (Å²) >= 11 is 5.92. The number of fused-ring (bicyclic) bond motifs is 1. The summed E-state index contributed by atoms with van der Waals surface area (Å²) in [6.45, 7) is 1.59. The van der Waals surface area contributed by atoms with Gasteiger partial charge in [-0.25, -0.2) is 9.97 Å². The Bertz CT molecular complexity index is 1000. The van der Waals surface area contributed by atoms with E-state index >= 15 is 0 Å². The monoisotopic (exact) mass is 425 g/mol. The number of rotatable bonds is 7. The maximum absolute atomic E-state index is 12.6. The molecule has 1 N–H and O–H groups in total. The van der Waals surface area contributed by atoms with Gasteiger partial charge in [0.15, 0.2) is 0 Å². The molecule has 2 amide bonds. The molecule has 7 nitrogen and oxygen atoms in total. The third-order valence-electron chi connectivity index (χ3n) is 5.42. The first-order chi connectivity index (χ1) is 14.6. The number of carbonyl (C=O) groups excluding carboxylic acids is 2. The third kappa shape index (κ3) is 4.97. The van der Waals surface area contributed by atoms with E-state index in [1.807, 2.05) is 47.1 Å².